The van der Waals surface area contributed by atoms with Gasteiger partial charge in [-0.2, -0.15) is 0 Å². The Balaban J connectivity index is 2.29. The van der Waals surface area contributed by atoms with E-state index in [1.54, 1.807) is 6.20 Å². The summed E-state index contributed by atoms with van der Waals surface area (Å²) in [6, 6.07) is 5.39. The topological polar surface area (TPSA) is 88.9 Å². The smallest absolute Gasteiger partial charge is 0.269 e. The van der Waals surface area contributed by atoms with Gasteiger partial charge in [0, 0.05) is 30.1 Å². The van der Waals surface area contributed by atoms with Crippen LogP contribution in [0.4, 0.5) is 5.69 Å². The lowest BCUT2D eigenvalue weighted by Gasteiger charge is -1.96. The zero-order valence-electron chi connectivity index (χ0n) is 8.08. The van der Waals surface area contributed by atoms with Crippen LogP contribution in [0.25, 0.3) is 0 Å². The largest absolute Gasteiger partial charge is 0.342 e. The highest BCUT2D eigenvalue weighted by atomic mass is 16.6. The summed E-state index contributed by atoms with van der Waals surface area (Å²) in [6.45, 7) is 0. The van der Waals surface area contributed by atoms with Crippen LogP contribution in [0.2, 0.25) is 0 Å². The molecule has 0 aliphatic carbocycles. The fraction of sp³-hybridized carbons (Fsp3) is 0. The van der Waals surface area contributed by atoms with Gasteiger partial charge in [0.2, 0.25) is 5.78 Å². The first-order chi connectivity index (χ1) is 7.68. The van der Waals surface area contributed by atoms with Crippen molar-refractivity contribution in [1.82, 2.24) is 9.97 Å². The molecular weight excluding hydrogens is 210 g/mol. The van der Waals surface area contributed by atoms with Crippen LogP contribution in [0.1, 0.15) is 16.2 Å². The van der Waals surface area contributed by atoms with Crippen molar-refractivity contribution in [3.8, 4) is 0 Å². The van der Waals surface area contributed by atoms with E-state index in [0.29, 0.717) is 5.56 Å². The molecule has 0 amide bonds. The lowest BCUT2D eigenvalue weighted by Crippen LogP contribution is -2.03. The lowest BCUT2D eigenvalue weighted by molar-refractivity contribution is -0.384. The number of nitro benzene ring substituents is 1. The first-order valence-electron chi connectivity index (χ1n) is 4.47. The minimum atomic E-state index is -0.513. The van der Waals surface area contributed by atoms with E-state index in [1.165, 1.54) is 30.5 Å². The van der Waals surface area contributed by atoms with Crippen LogP contribution < -0.4 is 0 Å². The van der Waals surface area contributed by atoms with Crippen LogP contribution in [-0.4, -0.2) is 20.7 Å². The maximum absolute atomic E-state index is 11.7. The third-order valence-electron chi connectivity index (χ3n) is 2.05. The van der Waals surface area contributed by atoms with Gasteiger partial charge < -0.3 is 4.98 Å². The molecule has 0 aliphatic heterocycles. The van der Waals surface area contributed by atoms with Gasteiger partial charge in [0.25, 0.3) is 5.69 Å². The van der Waals surface area contributed by atoms with Gasteiger partial charge in [0.1, 0.15) is 0 Å². The van der Waals surface area contributed by atoms with E-state index in [0.717, 1.165) is 0 Å². The molecule has 16 heavy (non-hydrogen) atoms. The molecule has 0 spiro atoms. The average molecular weight is 217 g/mol. The number of hydrogen-bond donors (Lipinski definition) is 1. The standard InChI is InChI=1S/C10H7N3O3/c14-9(10-11-5-6-12-10)7-1-3-8(4-2-7)13(15)16/h1-6H,(H,11,12). The van der Waals surface area contributed by atoms with Gasteiger partial charge in [-0.25, -0.2) is 4.98 Å². The third-order valence-corrected chi connectivity index (χ3v) is 2.05. The van der Waals surface area contributed by atoms with Crippen molar-refractivity contribution in [3.63, 3.8) is 0 Å². The van der Waals surface area contributed by atoms with E-state index >= 15 is 0 Å². The first kappa shape index (κ1) is 10.0. The number of carbonyl (C=O) groups is 1. The maximum Gasteiger partial charge on any atom is 0.269 e. The number of rotatable bonds is 3. The quantitative estimate of drug-likeness (QED) is 0.479. The fourth-order valence-corrected chi connectivity index (χ4v) is 1.26. The molecule has 1 heterocycles. The molecular formula is C10H7N3O3. The molecule has 6 nitrogen and oxygen atoms in total. The van der Waals surface area contributed by atoms with Crippen molar-refractivity contribution in [1.29, 1.82) is 0 Å². The Kier molecular flexibility index (Phi) is 2.47. The number of ketones is 1. The molecule has 2 aromatic rings. The van der Waals surface area contributed by atoms with Gasteiger partial charge in [-0.3, -0.25) is 14.9 Å². The van der Waals surface area contributed by atoms with E-state index in [2.05, 4.69) is 9.97 Å². The van der Waals surface area contributed by atoms with Crippen molar-refractivity contribution >= 4 is 11.5 Å². The second kappa shape index (κ2) is 3.93. The predicted molar refractivity (Wildman–Crippen MR) is 55.1 cm³/mol. The third kappa shape index (κ3) is 1.81. The van der Waals surface area contributed by atoms with Crippen molar-refractivity contribution in [2.75, 3.05) is 0 Å². The Morgan fingerprint density at radius 3 is 2.50 bits per heavy atom. The molecule has 6 heteroatoms. The van der Waals surface area contributed by atoms with Gasteiger partial charge in [-0.05, 0) is 12.1 Å². The van der Waals surface area contributed by atoms with Crippen LogP contribution in [-0.2, 0) is 0 Å². The highest BCUT2D eigenvalue weighted by Crippen LogP contribution is 2.13. The molecule has 2 rings (SSSR count). The summed E-state index contributed by atoms with van der Waals surface area (Å²) >= 11 is 0. The Bertz CT molecular complexity index is 517. The number of benzene rings is 1. The summed E-state index contributed by atoms with van der Waals surface area (Å²) in [5.74, 6) is -0.0752. The number of H-pyrrole nitrogens is 1. The normalized spacial score (nSPS) is 10.0. The molecule has 0 fully saturated rings. The zero-order valence-corrected chi connectivity index (χ0v) is 8.08. The molecule has 0 atom stereocenters. The van der Waals surface area contributed by atoms with Gasteiger partial charge in [0.15, 0.2) is 5.82 Å². The van der Waals surface area contributed by atoms with Crippen molar-refractivity contribution < 1.29 is 9.72 Å². The zero-order chi connectivity index (χ0) is 11.5. The summed E-state index contributed by atoms with van der Waals surface area (Å²) in [4.78, 5) is 28.1. The number of imidazole rings is 1. The Hall–Kier alpha value is -2.50. The van der Waals surface area contributed by atoms with Gasteiger partial charge >= 0.3 is 0 Å². The molecule has 1 N–H and O–H groups in total. The van der Waals surface area contributed by atoms with Crippen LogP contribution >= 0.6 is 0 Å². The maximum atomic E-state index is 11.7. The summed E-state index contributed by atoms with van der Waals surface area (Å²) in [7, 11) is 0. The van der Waals surface area contributed by atoms with Crippen LogP contribution in [0.5, 0.6) is 0 Å². The average Bonchev–Trinajstić information content (AvgIpc) is 2.81. The summed E-state index contributed by atoms with van der Waals surface area (Å²) in [5, 5.41) is 10.4. The first-order valence-corrected chi connectivity index (χ1v) is 4.47. The van der Waals surface area contributed by atoms with E-state index < -0.39 is 4.92 Å². The second-order valence-electron chi connectivity index (χ2n) is 3.07. The lowest BCUT2D eigenvalue weighted by atomic mass is 10.1. The minimum absolute atomic E-state index is 0.0454. The predicted octanol–water partition coefficient (Wildman–Crippen LogP) is 1.55. The highest BCUT2D eigenvalue weighted by Gasteiger charge is 2.12. The number of aromatic amines is 1. The number of non-ortho nitro benzene ring substituents is 1. The Morgan fingerprint density at radius 1 is 1.31 bits per heavy atom. The van der Waals surface area contributed by atoms with Crippen molar-refractivity contribution in [2.45, 2.75) is 0 Å². The molecule has 0 aliphatic rings. The molecule has 0 saturated heterocycles. The van der Waals surface area contributed by atoms with Crippen LogP contribution in [0.15, 0.2) is 36.7 Å². The molecule has 0 unspecified atom stereocenters. The highest BCUT2D eigenvalue weighted by molar-refractivity contribution is 6.06. The molecule has 0 bridgehead atoms. The number of hydrogen-bond acceptors (Lipinski definition) is 4. The number of nitrogens with one attached hydrogen (secondary N) is 1. The Morgan fingerprint density at radius 2 is 2.00 bits per heavy atom. The molecule has 1 aromatic carbocycles. The van der Waals surface area contributed by atoms with Crippen LogP contribution in [0, 0.1) is 10.1 Å². The van der Waals surface area contributed by atoms with E-state index in [-0.39, 0.29) is 17.3 Å². The van der Waals surface area contributed by atoms with Gasteiger partial charge in [-0.15, -0.1) is 0 Å². The summed E-state index contributed by atoms with van der Waals surface area (Å²) in [6.07, 6.45) is 3.01. The summed E-state index contributed by atoms with van der Waals surface area (Å²) < 4.78 is 0. The fourth-order valence-electron chi connectivity index (χ4n) is 1.26. The second-order valence-corrected chi connectivity index (χ2v) is 3.07. The molecule has 1 aromatic heterocycles. The number of carbonyl (C=O) groups excluding carboxylic acids is 1. The van der Waals surface area contributed by atoms with E-state index in [4.69, 9.17) is 0 Å². The number of nitro groups is 1. The van der Waals surface area contributed by atoms with E-state index in [9.17, 15) is 14.9 Å². The van der Waals surface area contributed by atoms with Crippen molar-refractivity contribution in [2.24, 2.45) is 0 Å². The van der Waals surface area contributed by atoms with E-state index in [1.807, 2.05) is 0 Å². The molecule has 80 valence electrons. The minimum Gasteiger partial charge on any atom is -0.342 e. The van der Waals surface area contributed by atoms with Crippen LogP contribution in [0.3, 0.4) is 0 Å². The molecule has 0 saturated carbocycles. The summed E-state index contributed by atoms with van der Waals surface area (Å²) in [5.41, 5.74) is 0.316. The Labute approximate surface area is 90.1 Å². The number of nitrogens with zero attached hydrogens (tertiary/aromatic N) is 2. The van der Waals surface area contributed by atoms with Crippen molar-refractivity contribution in [3.05, 3.63) is 58.2 Å². The van der Waals surface area contributed by atoms with Gasteiger partial charge in [-0.1, -0.05) is 0 Å². The number of aromatic nitrogens is 2. The molecule has 0 radical (unpaired) electrons. The van der Waals surface area contributed by atoms with Gasteiger partial charge in [0.05, 0.1) is 4.92 Å². The monoisotopic (exact) mass is 217 g/mol. The SMILES string of the molecule is O=C(c1ccc([N+](=O)[O-])cc1)c1ncc[nH]1.